The number of carbonyl (C=O) groups is 1. The maximum atomic E-state index is 12.3. The fourth-order valence-electron chi connectivity index (χ4n) is 3.33. The van der Waals surface area contributed by atoms with E-state index in [4.69, 9.17) is 4.74 Å². The van der Waals surface area contributed by atoms with Gasteiger partial charge in [0.05, 0.1) is 19.3 Å². The van der Waals surface area contributed by atoms with Gasteiger partial charge in [-0.1, -0.05) is 29.6 Å². The van der Waals surface area contributed by atoms with Crippen LogP contribution in [0.5, 0.6) is 0 Å². The van der Waals surface area contributed by atoms with Crippen LogP contribution in [0.2, 0.25) is 0 Å². The molecule has 1 saturated heterocycles. The zero-order valence-electron chi connectivity index (χ0n) is 13.1. The molecule has 7 heteroatoms. The van der Waals surface area contributed by atoms with E-state index in [2.05, 4.69) is 20.3 Å². The lowest BCUT2D eigenvalue weighted by molar-refractivity contribution is -0.0525. The molecule has 1 N–H and O–H groups in total. The van der Waals surface area contributed by atoms with Gasteiger partial charge in [0.25, 0.3) is 0 Å². The molecule has 0 bridgehead atoms. The Kier molecular flexibility index (Phi) is 4.92. The maximum Gasteiger partial charge on any atom is 0.317 e. The SMILES string of the molecule is Cc1nonc1CNC(=O)N1CCOC(C2CCCCC2)C1. The Balaban J connectivity index is 1.50. The largest absolute Gasteiger partial charge is 0.374 e. The van der Waals surface area contributed by atoms with Gasteiger partial charge in [0.2, 0.25) is 0 Å². The first-order valence-corrected chi connectivity index (χ1v) is 8.16. The van der Waals surface area contributed by atoms with E-state index in [-0.39, 0.29) is 12.1 Å². The molecule has 2 heterocycles. The summed E-state index contributed by atoms with van der Waals surface area (Å²) in [5.74, 6) is 0.603. The quantitative estimate of drug-likeness (QED) is 0.922. The average Bonchev–Trinajstić information content (AvgIpc) is 2.99. The van der Waals surface area contributed by atoms with Crippen molar-refractivity contribution in [2.45, 2.75) is 51.7 Å². The highest BCUT2D eigenvalue weighted by atomic mass is 16.6. The number of rotatable bonds is 3. The smallest absolute Gasteiger partial charge is 0.317 e. The standard InChI is InChI=1S/C15H24N4O3/c1-11-13(18-22-17-11)9-16-15(20)19-7-8-21-14(10-19)12-5-3-2-4-6-12/h12,14H,2-10H2,1H3,(H,16,20). The molecular weight excluding hydrogens is 284 g/mol. The van der Waals surface area contributed by atoms with Crippen molar-refractivity contribution in [2.24, 2.45) is 5.92 Å². The van der Waals surface area contributed by atoms with Crippen LogP contribution in [-0.4, -0.2) is 47.0 Å². The van der Waals surface area contributed by atoms with Gasteiger partial charge in [0.1, 0.15) is 11.4 Å². The first-order chi connectivity index (χ1) is 10.7. The lowest BCUT2D eigenvalue weighted by Gasteiger charge is -2.38. The number of nitrogens with zero attached hydrogens (tertiary/aromatic N) is 3. The Morgan fingerprint density at radius 1 is 1.32 bits per heavy atom. The van der Waals surface area contributed by atoms with Gasteiger partial charge in [-0.3, -0.25) is 0 Å². The molecule has 0 spiro atoms. The number of urea groups is 1. The zero-order chi connectivity index (χ0) is 15.4. The Labute approximate surface area is 130 Å². The zero-order valence-corrected chi connectivity index (χ0v) is 13.1. The molecule has 2 fully saturated rings. The Morgan fingerprint density at radius 2 is 2.14 bits per heavy atom. The summed E-state index contributed by atoms with van der Waals surface area (Å²) >= 11 is 0. The highest BCUT2D eigenvalue weighted by Crippen LogP contribution is 2.29. The summed E-state index contributed by atoms with van der Waals surface area (Å²) in [6, 6.07) is -0.0634. The molecule has 1 aliphatic heterocycles. The Morgan fingerprint density at radius 3 is 2.86 bits per heavy atom. The van der Waals surface area contributed by atoms with Gasteiger partial charge in [-0.25, -0.2) is 9.42 Å². The molecule has 1 aromatic heterocycles. The molecule has 7 nitrogen and oxygen atoms in total. The molecule has 1 atom stereocenters. The lowest BCUT2D eigenvalue weighted by atomic mass is 9.84. The number of carbonyl (C=O) groups excluding carboxylic acids is 1. The number of ether oxygens (including phenoxy) is 1. The molecular formula is C15H24N4O3. The molecule has 0 aromatic carbocycles. The highest BCUT2D eigenvalue weighted by molar-refractivity contribution is 5.74. The second-order valence-electron chi connectivity index (χ2n) is 6.21. The molecule has 3 rings (SSSR count). The molecule has 2 amide bonds. The van der Waals surface area contributed by atoms with Crippen LogP contribution < -0.4 is 5.32 Å². The number of hydrogen-bond donors (Lipinski definition) is 1. The van der Waals surface area contributed by atoms with Gasteiger partial charge in [0.15, 0.2) is 0 Å². The summed E-state index contributed by atoms with van der Waals surface area (Å²) in [7, 11) is 0. The van der Waals surface area contributed by atoms with Crippen molar-refractivity contribution in [3.63, 3.8) is 0 Å². The van der Waals surface area contributed by atoms with Gasteiger partial charge in [-0.15, -0.1) is 0 Å². The average molecular weight is 308 g/mol. The fraction of sp³-hybridized carbons (Fsp3) is 0.800. The summed E-state index contributed by atoms with van der Waals surface area (Å²) in [5, 5.41) is 10.4. The summed E-state index contributed by atoms with van der Waals surface area (Å²) in [6.07, 6.45) is 6.55. The van der Waals surface area contributed by atoms with E-state index in [1.54, 1.807) is 0 Å². The molecule has 1 unspecified atom stereocenters. The van der Waals surface area contributed by atoms with Gasteiger partial charge in [-0.2, -0.15) is 0 Å². The highest BCUT2D eigenvalue weighted by Gasteiger charge is 2.31. The monoisotopic (exact) mass is 308 g/mol. The topological polar surface area (TPSA) is 80.5 Å². The van der Waals surface area contributed by atoms with Crippen LogP contribution >= 0.6 is 0 Å². The van der Waals surface area contributed by atoms with Crippen molar-refractivity contribution >= 4 is 6.03 Å². The summed E-state index contributed by atoms with van der Waals surface area (Å²) in [4.78, 5) is 14.2. The molecule has 1 aliphatic carbocycles. The van der Waals surface area contributed by atoms with Crippen LogP contribution in [0, 0.1) is 12.8 Å². The van der Waals surface area contributed by atoms with Crippen LogP contribution in [0.15, 0.2) is 4.63 Å². The van der Waals surface area contributed by atoms with Crippen molar-refractivity contribution < 1.29 is 14.2 Å². The van der Waals surface area contributed by atoms with Crippen molar-refractivity contribution in [1.82, 2.24) is 20.5 Å². The van der Waals surface area contributed by atoms with E-state index in [0.29, 0.717) is 43.5 Å². The van der Waals surface area contributed by atoms with E-state index in [0.717, 1.165) is 0 Å². The summed E-state index contributed by atoms with van der Waals surface area (Å²) in [5.41, 5.74) is 1.38. The third-order valence-electron chi connectivity index (χ3n) is 4.71. The van der Waals surface area contributed by atoms with E-state index in [1.165, 1.54) is 32.1 Å². The van der Waals surface area contributed by atoms with Crippen molar-refractivity contribution in [1.29, 1.82) is 0 Å². The number of amides is 2. The van der Waals surface area contributed by atoms with Gasteiger partial charge < -0.3 is 15.0 Å². The fourth-order valence-corrected chi connectivity index (χ4v) is 3.33. The first kappa shape index (κ1) is 15.3. The van der Waals surface area contributed by atoms with Crippen molar-refractivity contribution in [3.8, 4) is 0 Å². The van der Waals surface area contributed by atoms with Crippen molar-refractivity contribution in [3.05, 3.63) is 11.4 Å². The molecule has 1 aromatic rings. The van der Waals surface area contributed by atoms with E-state index in [1.807, 2.05) is 11.8 Å². The normalized spacial score (nSPS) is 23.5. The number of aryl methyl sites for hydroxylation is 1. The first-order valence-electron chi connectivity index (χ1n) is 8.16. The Bertz CT molecular complexity index is 499. The summed E-state index contributed by atoms with van der Waals surface area (Å²) in [6.45, 7) is 4.11. The van der Waals surface area contributed by atoms with Crippen LogP contribution in [0.1, 0.15) is 43.5 Å². The molecule has 0 radical (unpaired) electrons. The second kappa shape index (κ2) is 7.09. The third kappa shape index (κ3) is 3.58. The van der Waals surface area contributed by atoms with Gasteiger partial charge in [0, 0.05) is 13.1 Å². The number of hydrogen-bond acceptors (Lipinski definition) is 5. The summed E-state index contributed by atoms with van der Waals surface area (Å²) < 4.78 is 10.5. The van der Waals surface area contributed by atoms with E-state index >= 15 is 0 Å². The van der Waals surface area contributed by atoms with E-state index < -0.39 is 0 Å². The number of nitrogens with one attached hydrogen (secondary N) is 1. The predicted octanol–water partition coefficient (Wildman–Crippen LogP) is 1.87. The predicted molar refractivity (Wildman–Crippen MR) is 79.2 cm³/mol. The number of aromatic nitrogens is 2. The van der Waals surface area contributed by atoms with E-state index in [9.17, 15) is 4.79 Å². The minimum absolute atomic E-state index is 0.0634. The maximum absolute atomic E-state index is 12.3. The third-order valence-corrected chi connectivity index (χ3v) is 4.71. The van der Waals surface area contributed by atoms with Crippen molar-refractivity contribution in [2.75, 3.05) is 19.7 Å². The minimum atomic E-state index is -0.0634. The lowest BCUT2D eigenvalue weighted by Crippen LogP contribution is -2.51. The Hall–Kier alpha value is -1.63. The van der Waals surface area contributed by atoms with Crippen LogP contribution in [0.4, 0.5) is 4.79 Å². The minimum Gasteiger partial charge on any atom is -0.374 e. The molecule has 2 aliphatic rings. The second-order valence-corrected chi connectivity index (χ2v) is 6.21. The molecule has 1 saturated carbocycles. The molecule has 122 valence electrons. The molecule has 22 heavy (non-hydrogen) atoms. The van der Waals surface area contributed by atoms with Crippen LogP contribution in [0.25, 0.3) is 0 Å². The number of morpholine rings is 1. The van der Waals surface area contributed by atoms with Crippen LogP contribution in [0.3, 0.4) is 0 Å². The van der Waals surface area contributed by atoms with Gasteiger partial charge >= 0.3 is 6.03 Å². The van der Waals surface area contributed by atoms with Gasteiger partial charge in [-0.05, 0) is 25.7 Å². The van der Waals surface area contributed by atoms with Crippen LogP contribution in [-0.2, 0) is 11.3 Å².